The van der Waals surface area contributed by atoms with Gasteiger partial charge in [-0.25, -0.2) is 14.2 Å². The fraction of sp³-hybridized carbons (Fsp3) is 0.444. The summed E-state index contributed by atoms with van der Waals surface area (Å²) >= 11 is 0. The van der Waals surface area contributed by atoms with Gasteiger partial charge < -0.3 is 5.32 Å². The van der Waals surface area contributed by atoms with Crippen LogP contribution in [0.2, 0.25) is 0 Å². The van der Waals surface area contributed by atoms with Crippen molar-refractivity contribution in [3.05, 3.63) is 22.5 Å². The second kappa shape index (κ2) is 5.19. The van der Waals surface area contributed by atoms with Crippen molar-refractivity contribution in [2.75, 3.05) is 7.05 Å². The van der Waals surface area contributed by atoms with Gasteiger partial charge in [-0.1, -0.05) is 19.1 Å². The molecule has 0 bridgehead atoms. The quantitative estimate of drug-likeness (QED) is 0.702. The third-order valence-corrected chi connectivity index (χ3v) is 1.94. The van der Waals surface area contributed by atoms with Gasteiger partial charge in [0.15, 0.2) is 11.3 Å². The van der Waals surface area contributed by atoms with Gasteiger partial charge in [-0.3, -0.25) is 4.79 Å². The van der Waals surface area contributed by atoms with E-state index < -0.39 is 11.6 Å². The summed E-state index contributed by atoms with van der Waals surface area (Å²) in [5, 5.41) is 9.70. The third-order valence-electron chi connectivity index (χ3n) is 1.94. The molecule has 0 atom stereocenters. The fourth-order valence-electron chi connectivity index (χ4n) is 1.16. The van der Waals surface area contributed by atoms with Crippen molar-refractivity contribution >= 4 is 11.6 Å². The lowest BCUT2D eigenvalue weighted by Gasteiger charge is -1.96. The molecule has 0 aliphatic heterocycles. The lowest BCUT2D eigenvalue weighted by Crippen LogP contribution is -2.28. The van der Waals surface area contributed by atoms with Crippen molar-refractivity contribution in [2.24, 2.45) is 7.05 Å². The van der Waals surface area contributed by atoms with E-state index in [1.807, 2.05) is 13.8 Å². The highest BCUT2D eigenvalue weighted by atomic mass is 16.2. The SMILES string of the molecule is CC.CNC(=O)c1ncn2c(=O)n(C)nnc12. The molecule has 2 rings (SSSR count). The molecule has 0 fully saturated rings. The summed E-state index contributed by atoms with van der Waals surface area (Å²) in [5.74, 6) is -0.403. The topological polar surface area (TPSA) is 94.2 Å². The zero-order chi connectivity index (χ0) is 13.0. The van der Waals surface area contributed by atoms with E-state index in [1.165, 1.54) is 20.4 Å². The summed E-state index contributed by atoms with van der Waals surface area (Å²) in [6, 6.07) is 0. The van der Waals surface area contributed by atoms with Gasteiger partial charge in [-0.15, -0.1) is 5.10 Å². The molecule has 2 aromatic rings. The molecule has 0 saturated heterocycles. The molecule has 0 saturated carbocycles. The number of rotatable bonds is 1. The van der Waals surface area contributed by atoms with Crippen LogP contribution in [0, 0.1) is 0 Å². The van der Waals surface area contributed by atoms with E-state index in [0.29, 0.717) is 0 Å². The number of carbonyl (C=O) groups excluding carboxylic acids is 1. The zero-order valence-electron chi connectivity index (χ0n) is 10.1. The summed E-state index contributed by atoms with van der Waals surface area (Å²) < 4.78 is 2.22. The lowest BCUT2D eigenvalue weighted by molar-refractivity contribution is 0.0960. The predicted octanol–water partition coefficient (Wildman–Crippen LogP) is -0.791. The Kier molecular flexibility index (Phi) is 3.91. The van der Waals surface area contributed by atoms with E-state index in [1.54, 1.807) is 0 Å². The predicted molar refractivity (Wildman–Crippen MR) is 60.8 cm³/mol. The number of nitrogens with one attached hydrogen (secondary N) is 1. The molecule has 0 aromatic carbocycles. The molecular formula is C9H14N6O2. The molecule has 17 heavy (non-hydrogen) atoms. The molecular weight excluding hydrogens is 224 g/mol. The van der Waals surface area contributed by atoms with Crippen molar-refractivity contribution in [1.29, 1.82) is 0 Å². The van der Waals surface area contributed by atoms with Gasteiger partial charge in [-0.2, -0.15) is 4.68 Å². The minimum Gasteiger partial charge on any atom is -0.354 e. The molecule has 0 aliphatic carbocycles. The number of nitrogens with zero attached hydrogens (tertiary/aromatic N) is 5. The highest BCUT2D eigenvalue weighted by Crippen LogP contribution is 2.01. The van der Waals surface area contributed by atoms with Crippen molar-refractivity contribution in [3.63, 3.8) is 0 Å². The Bertz CT molecular complexity index is 585. The number of hydrogen-bond donors (Lipinski definition) is 1. The lowest BCUT2D eigenvalue weighted by atomic mass is 10.4. The van der Waals surface area contributed by atoms with Gasteiger partial charge in [0.25, 0.3) is 5.91 Å². The molecule has 0 spiro atoms. The standard InChI is InChI=1S/C7H8N6O2.C2H6/c1-8-6(14)4-5-10-11-12(2)7(15)13(5)3-9-4;1-2/h3H,1-2H3,(H,8,14);1-2H3. The van der Waals surface area contributed by atoms with Crippen LogP contribution in [0.5, 0.6) is 0 Å². The third kappa shape index (κ3) is 2.14. The summed E-state index contributed by atoms with van der Waals surface area (Å²) in [6.45, 7) is 4.00. The van der Waals surface area contributed by atoms with Crippen LogP contribution >= 0.6 is 0 Å². The number of carbonyl (C=O) groups is 1. The van der Waals surface area contributed by atoms with Crippen molar-refractivity contribution < 1.29 is 4.79 Å². The van der Waals surface area contributed by atoms with Crippen LogP contribution in [-0.2, 0) is 7.05 Å². The summed E-state index contributed by atoms with van der Waals surface area (Å²) in [4.78, 5) is 26.6. The number of fused-ring (bicyclic) bond motifs is 1. The van der Waals surface area contributed by atoms with Gasteiger partial charge in [0.2, 0.25) is 0 Å². The van der Waals surface area contributed by atoms with Crippen LogP contribution in [0.4, 0.5) is 0 Å². The highest BCUT2D eigenvalue weighted by Gasteiger charge is 2.15. The monoisotopic (exact) mass is 238 g/mol. The van der Waals surface area contributed by atoms with Gasteiger partial charge in [0, 0.05) is 14.1 Å². The van der Waals surface area contributed by atoms with Crippen LogP contribution in [0.1, 0.15) is 24.3 Å². The minimum absolute atomic E-state index is 0.0858. The van der Waals surface area contributed by atoms with Crippen LogP contribution in [0.25, 0.3) is 5.65 Å². The number of amides is 1. The molecule has 0 aliphatic rings. The summed E-state index contributed by atoms with van der Waals surface area (Å²) in [6.07, 6.45) is 1.25. The molecule has 2 heterocycles. The van der Waals surface area contributed by atoms with Crippen LogP contribution < -0.4 is 11.0 Å². The van der Waals surface area contributed by atoms with Gasteiger partial charge >= 0.3 is 5.69 Å². The van der Waals surface area contributed by atoms with Gasteiger partial charge in [-0.05, 0) is 0 Å². The molecule has 1 N–H and O–H groups in total. The number of aryl methyl sites for hydroxylation is 1. The molecule has 92 valence electrons. The average molecular weight is 238 g/mol. The Morgan fingerprint density at radius 3 is 2.65 bits per heavy atom. The molecule has 0 unspecified atom stereocenters. The maximum Gasteiger partial charge on any atom is 0.352 e. The summed E-state index contributed by atoms with van der Waals surface area (Å²) in [7, 11) is 2.94. The fourth-order valence-corrected chi connectivity index (χ4v) is 1.16. The van der Waals surface area contributed by atoms with E-state index in [0.717, 1.165) is 9.08 Å². The number of hydrogen-bond acceptors (Lipinski definition) is 5. The first kappa shape index (κ1) is 12.8. The van der Waals surface area contributed by atoms with Crippen LogP contribution in [-0.4, -0.2) is 37.3 Å². The Hall–Kier alpha value is -2.25. The van der Waals surface area contributed by atoms with Crippen molar-refractivity contribution in [2.45, 2.75) is 13.8 Å². The molecule has 0 radical (unpaired) electrons. The Labute approximate surface area is 97.3 Å². The van der Waals surface area contributed by atoms with Gasteiger partial charge in [0.05, 0.1) is 0 Å². The van der Waals surface area contributed by atoms with E-state index >= 15 is 0 Å². The smallest absolute Gasteiger partial charge is 0.352 e. The van der Waals surface area contributed by atoms with Gasteiger partial charge in [0.1, 0.15) is 6.33 Å². The molecule has 8 heteroatoms. The average Bonchev–Trinajstić information content (AvgIpc) is 2.80. The van der Waals surface area contributed by atoms with E-state index in [-0.39, 0.29) is 11.3 Å². The largest absolute Gasteiger partial charge is 0.354 e. The van der Waals surface area contributed by atoms with E-state index in [4.69, 9.17) is 0 Å². The van der Waals surface area contributed by atoms with E-state index in [9.17, 15) is 9.59 Å². The maximum atomic E-state index is 11.5. The number of aromatic nitrogens is 5. The minimum atomic E-state index is -0.403. The maximum absolute atomic E-state index is 11.5. The Morgan fingerprint density at radius 2 is 2.06 bits per heavy atom. The van der Waals surface area contributed by atoms with Crippen LogP contribution in [0.3, 0.4) is 0 Å². The second-order valence-corrected chi connectivity index (χ2v) is 2.86. The Morgan fingerprint density at radius 1 is 1.41 bits per heavy atom. The van der Waals surface area contributed by atoms with E-state index in [2.05, 4.69) is 20.6 Å². The zero-order valence-corrected chi connectivity index (χ0v) is 10.1. The molecule has 1 amide bonds. The summed E-state index contributed by atoms with van der Waals surface area (Å²) in [5.41, 5.74) is -0.164. The first-order valence-corrected chi connectivity index (χ1v) is 5.14. The van der Waals surface area contributed by atoms with Crippen molar-refractivity contribution in [1.82, 2.24) is 29.7 Å². The molecule has 8 nitrogen and oxygen atoms in total. The number of imidazole rings is 1. The van der Waals surface area contributed by atoms with Crippen molar-refractivity contribution in [3.8, 4) is 0 Å². The normalized spacial score (nSPS) is 9.65. The second-order valence-electron chi connectivity index (χ2n) is 2.86. The highest BCUT2D eigenvalue weighted by molar-refractivity contribution is 5.97. The first-order valence-electron chi connectivity index (χ1n) is 5.14. The first-order chi connectivity index (χ1) is 8.15. The molecule has 2 aromatic heterocycles. The Balaban J connectivity index is 0.000000686. The van der Waals surface area contributed by atoms with Crippen LogP contribution in [0.15, 0.2) is 11.1 Å².